The topological polar surface area (TPSA) is 167 Å². The molecule has 0 spiro atoms. The lowest BCUT2D eigenvalue weighted by Gasteiger charge is -2.20. The molecule has 0 aromatic heterocycles. The van der Waals surface area contributed by atoms with Gasteiger partial charge >= 0.3 is 24.6 Å². The molecule has 110 valence electrons. The van der Waals surface area contributed by atoms with E-state index in [4.69, 9.17) is 10.2 Å². The Kier molecular flexibility index (Phi) is 3.47. The number of rotatable bonds is 2. The number of cyclic esters (lactones) is 2. The van der Waals surface area contributed by atoms with Crippen molar-refractivity contribution in [1.82, 2.24) is 5.32 Å². The van der Waals surface area contributed by atoms with E-state index >= 15 is 0 Å². The second kappa shape index (κ2) is 5.08. The number of nitrogens with one attached hydrogen (secondary N) is 1. The van der Waals surface area contributed by atoms with E-state index in [-0.39, 0.29) is 0 Å². The fourth-order valence-electron chi connectivity index (χ4n) is 1.71. The van der Waals surface area contributed by atoms with Crippen LogP contribution in [0.15, 0.2) is 0 Å². The minimum absolute atomic E-state index is 1.39. The molecule has 3 N–H and O–H groups in total. The Hall–Kier alpha value is -2.76. The smallest absolute Gasteiger partial charge is 0.450 e. The summed E-state index contributed by atoms with van der Waals surface area (Å²) in [4.78, 5) is 43.1. The lowest BCUT2D eigenvalue weighted by atomic mass is 10.2. The molecule has 12 nitrogen and oxygen atoms in total. The predicted molar refractivity (Wildman–Crippen MR) is 50.6 cm³/mol. The molecule has 0 aromatic rings. The van der Waals surface area contributed by atoms with E-state index in [1.807, 2.05) is 0 Å². The normalized spacial score (nSPS) is 32.0. The molecule has 0 aliphatic carbocycles. The van der Waals surface area contributed by atoms with Gasteiger partial charge in [0.25, 0.3) is 0 Å². The van der Waals surface area contributed by atoms with Crippen molar-refractivity contribution in [2.75, 3.05) is 0 Å². The zero-order valence-electron chi connectivity index (χ0n) is 9.38. The van der Waals surface area contributed by atoms with E-state index < -0.39 is 49.3 Å². The maximum atomic E-state index is 11.1. The van der Waals surface area contributed by atoms with Crippen molar-refractivity contribution in [3.05, 3.63) is 0 Å². The SMILES string of the molecule is O=C(O)OC1NC2OC(=O)OC(=O)OC2C1OC(=O)O. The summed E-state index contributed by atoms with van der Waals surface area (Å²) in [6, 6.07) is 0. The van der Waals surface area contributed by atoms with E-state index in [0.717, 1.165) is 0 Å². The van der Waals surface area contributed by atoms with E-state index in [1.165, 1.54) is 0 Å². The van der Waals surface area contributed by atoms with Gasteiger partial charge in [-0.25, -0.2) is 24.5 Å². The van der Waals surface area contributed by atoms with Crippen LogP contribution in [0.4, 0.5) is 19.2 Å². The number of carboxylic acid groups (broad SMARTS) is 2. The van der Waals surface area contributed by atoms with Crippen molar-refractivity contribution >= 4 is 24.6 Å². The first-order chi connectivity index (χ1) is 9.36. The maximum Gasteiger partial charge on any atom is 0.520 e. The third kappa shape index (κ3) is 2.80. The molecule has 0 aromatic carbocycles. The summed E-state index contributed by atoms with van der Waals surface area (Å²) in [5.41, 5.74) is 0. The third-order valence-electron chi connectivity index (χ3n) is 2.34. The zero-order valence-corrected chi connectivity index (χ0v) is 9.38. The number of carbonyl (C=O) groups is 4. The van der Waals surface area contributed by atoms with Crippen LogP contribution < -0.4 is 5.32 Å². The first-order valence-corrected chi connectivity index (χ1v) is 5.01. The summed E-state index contributed by atoms with van der Waals surface area (Å²) in [6.45, 7) is 0. The van der Waals surface area contributed by atoms with Gasteiger partial charge in [0.15, 0.2) is 12.2 Å². The van der Waals surface area contributed by atoms with Crippen molar-refractivity contribution in [2.24, 2.45) is 0 Å². The Morgan fingerprint density at radius 3 is 2.25 bits per heavy atom. The van der Waals surface area contributed by atoms with Gasteiger partial charge in [0, 0.05) is 0 Å². The van der Waals surface area contributed by atoms with E-state index in [9.17, 15) is 19.2 Å². The summed E-state index contributed by atoms with van der Waals surface area (Å²) in [5, 5.41) is 19.4. The lowest BCUT2D eigenvalue weighted by Crippen LogP contribution is -2.41. The van der Waals surface area contributed by atoms with Crippen LogP contribution in [0, 0.1) is 0 Å². The van der Waals surface area contributed by atoms with Gasteiger partial charge in [-0.05, 0) is 0 Å². The van der Waals surface area contributed by atoms with E-state index in [2.05, 4.69) is 29.0 Å². The van der Waals surface area contributed by atoms with Crippen LogP contribution in [-0.4, -0.2) is 59.5 Å². The van der Waals surface area contributed by atoms with Crippen molar-refractivity contribution < 1.29 is 53.1 Å². The van der Waals surface area contributed by atoms with Crippen molar-refractivity contribution in [1.29, 1.82) is 0 Å². The fraction of sp³-hybridized carbons (Fsp3) is 0.500. The highest BCUT2D eigenvalue weighted by Crippen LogP contribution is 2.26. The molecule has 0 radical (unpaired) electrons. The first kappa shape index (κ1) is 13.7. The molecule has 2 rings (SSSR count). The van der Waals surface area contributed by atoms with Crippen LogP contribution in [0.1, 0.15) is 0 Å². The minimum Gasteiger partial charge on any atom is -0.450 e. The molecule has 4 atom stereocenters. The second-order valence-corrected chi connectivity index (χ2v) is 3.54. The van der Waals surface area contributed by atoms with Crippen molar-refractivity contribution in [3.63, 3.8) is 0 Å². The Morgan fingerprint density at radius 2 is 1.65 bits per heavy atom. The van der Waals surface area contributed by atoms with Crippen LogP contribution in [0.25, 0.3) is 0 Å². The average molecular weight is 293 g/mol. The summed E-state index contributed by atoms with van der Waals surface area (Å²) in [7, 11) is 0. The molecular formula is C8H7NO11. The van der Waals surface area contributed by atoms with Gasteiger partial charge < -0.3 is 33.9 Å². The Balaban J connectivity index is 2.21. The van der Waals surface area contributed by atoms with Gasteiger partial charge in [0.1, 0.15) is 0 Å². The number of fused-ring (bicyclic) bond motifs is 1. The van der Waals surface area contributed by atoms with Crippen molar-refractivity contribution in [3.8, 4) is 0 Å². The molecule has 0 bridgehead atoms. The van der Waals surface area contributed by atoms with Crippen LogP contribution in [-0.2, 0) is 23.7 Å². The summed E-state index contributed by atoms with van der Waals surface area (Å²) >= 11 is 0. The van der Waals surface area contributed by atoms with E-state index in [0.29, 0.717) is 0 Å². The van der Waals surface area contributed by atoms with Gasteiger partial charge in [-0.1, -0.05) is 0 Å². The van der Waals surface area contributed by atoms with Crippen LogP contribution >= 0.6 is 0 Å². The lowest BCUT2D eigenvalue weighted by molar-refractivity contribution is -0.0734. The highest BCUT2D eigenvalue weighted by Gasteiger charge is 2.54. The van der Waals surface area contributed by atoms with Gasteiger partial charge in [-0.15, -0.1) is 0 Å². The Bertz CT molecular complexity index is 461. The number of carbonyl (C=O) groups excluding carboxylic acids is 2. The van der Waals surface area contributed by atoms with Gasteiger partial charge in [0.05, 0.1) is 0 Å². The van der Waals surface area contributed by atoms with Gasteiger partial charge in [-0.3, -0.25) is 0 Å². The highest BCUT2D eigenvalue weighted by molar-refractivity contribution is 5.78. The molecule has 12 heteroatoms. The first-order valence-electron chi connectivity index (χ1n) is 5.01. The molecule has 2 fully saturated rings. The maximum absolute atomic E-state index is 11.1. The number of ether oxygens (including phenoxy) is 5. The predicted octanol–water partition coefficient (Wildman–Crippen LogP) is -0.328. The molecule has 4 unspecified atom stereocenters. The average Bonchev–Trinajstić information content (AvgIpc) is 2.50. The van der Waals surface area contributed by atoms with Crippen LogP contribution in [0.5, 0.6) is 0 Å². The molecule has 2 aliphatic heterocycles. The molecule has 2 saturated heterocycles. The number of hydrogen-bond acceptors (Lipinski definition) is 10. The van der Waals surface area contributed by atoms with Crippen LogP contribution in [0.3, 0.4) is 0 Å². The fourth-order valence-corrected chi connectivity index (χ4v) is 1.71. The van der Waals surface area contributed by atoms with Gasteiger partial charge in [-0.2, -0.15) is 0 Å². The molecule has 0 amide bonds. The summed E-state index contributed by atoms with van der Waals surface area (Å²) in [6.07, 6.45) is -12.3. The largest absolute Gasteiger partial charge is 0.520 e. The summed E-state index contributed by atoms with van der Waals surface area (Å²) in [5.74, 6) is 0. The Labute approximate surface area is 109 Å². The summed E-state index contributed by atoms with van der Waals surface area (Å²) < 4.78 is 21.9. The minimum atomic E-state index is -1.77. The van der Waals surface area contributed by atoms with Crippen LogP contribution in [0.2, 0.25) is 0 Å². The Morgan fingerprint density at radius 1 is 1.05 bits per heavy atom. The molecule has 2 heterocycles. The monoisotopic (exact) mass is 293 g/mol. The zero-order chi connectivity index (χ0) is 14.9. The molecule has 0 saturated carbocycles. The standard InChI is InChI=1S/C8H7NO11/c10-5(11)16-1-2-4(9-3(1)18-6(12)13)19-8(15)20-7(14)17-2/h1-4,9H,(H,10,11)(H,12,13). The molecule has 20 heavy (non-hydrogen) atoms. The van der Waals surface area contributed by atoms with Crippen molar-refractivity contribution in [2.45, 2.75) is 24.7 Å². The highest BCUT2D eigenvalue weighted by atomic mass is 16.8. The number of hydrogen-bond donors (Lipinski definition) is 3. The second-order valence-electron chi connectivity index (χ2n) is 3.54. The van der Waals surface area contributed by atoms with Gasteiger partial charge in [0.2, 0.25) is 12.5 Å². The molecule has 2 aliphatic rings. The quantitative estimate of drug-likeness (QED) is 0.345. The molecular weight excluding hydrogens is 286 g/mol. The third-order valence-corrected chi connectivity index (χ3v) is 2.34. The van der Waals surface area contributed by atoms with E-state index in [1.54, 1.807) is 0 Å².